The molecule has 1 N–H and O–H groups in total. The number of rotatable bonds is 5. The zero-order chi connectivity index (χ0) is 18.7. The summed E-state index contributed by atoms with van der Waals surface area (Å²) in [6, 6.07) is 13.6. The first kappa shape index (κ1) is 18.2. The molecule has 3 rings (SSSR count). The summed E-state index contributed by atoms with van der Waals surface area (Å²) in [6.07, 6.45) is 0. The van der Waals surface area contributed by atoms with E-state index in [4.69, 9.17) is 0 Å². The monoisotopic (exact) mass is 386 g/mol. The third-order valence-corrected chi connectivity index (χ3v) is 5.21. The average Bonchev–Trinajstić information content (AvgIpc) is 3.02. The van der Waals surface area contributed by atoms with Crippen molar-refractivity contribution in [3.63, 3.8) is 0 Å². The third kappa shape index (κ3) is 3.98. The lowest BCUT2D eigenvalue weighted by atomic mass is 10.1. The van der Waals surface area contributed by atoms with Gasteiger partial charge in [-0.25, -0.2) is 4.98 Å². The second-order valence-corrected chi connectivity index (χ2v) is 7.27. The first-order chi connectivity index (χ1) is 12.5. The van der Waals surface area contributed by atoms with Gasteiger partial charge in [0.15, 0.2) is 5.13 Å². The van der Waals surface area contributed by atoms with Crippen molar-refractivity contribution in [1.29, 1.82) is 0 Å². The maximum absolute atomic E-state index is 12.7. The number of thiazole rings is 1. The van der Waals surface area contributed by atoms with Crippen LogP contribution in [-0.4, -0.2) is 19.7 Å². The number of carbonyl (C=O) groups excluding carboxylic acids is 1. The van der Waals surface area contributed by atoms with Gasteiger partial charge in [0.2, 0.25) is 0 Å². The molecule has 0 aliphatic heterocycles. The van der Waals surface area contributed by atoms with E-state index in [2.05, 4.69) is 10.3 Å². The predicted octanol–water partition coefficient (Wildman–Crippen LogP) is 3.94. The van der Waals surface area contributed by atoms with E-state index >= 15 is 0 Å². The first-order valence-electron chi connectivity index (χ1n) is 7.74. The summed E-state index contributed by atoms with van der Waals surface area (Å²) >= 11 is -1.28. The number of nitrogens with zero attached hydrogens (tertiary/aromatic N) is 2. The van der Waals surface area contributed by atoms with Crippen LogP contribution in [0.25, 0.3) is 0 Å². The van der Waals surface area contributed by atoms with Crippen LogP contribution in [0.3, 0.4) is 0 Å². The number of carbonyl (C=O) groups is 1. The molecule has 0 spiro atoms. The number of hydrogen-bond donors (Lipinski definition) is 1. The molecule has 1 unspecified atom stereocenters. The van der Waals surface area contributed by atoms with Gasteiger partial charge in [-0.2, -0.15) is 0 Å². The van der Waals surface area contributed by atoms with Gasteiger partial charge in [0.1, 0.15) is 0 Å². The van der Waals surface area contributed by atoms with E-state index in [9.17, 15) is 13.6 Å². The molecule has 3 aromatic rings. The van der Waals surface area contributed by atoms with Crippen molar-refractivity contribution in [2.24, 2.45) is 0 Å². The normalized spacial score (nSPS) is 11.8. The van der Waals surface area contributed by atoms with Crippen molar-refractivity contribution in [3.05, 3.63) is 70.7 Å². The van der Waals surface area contributed by atoms with Crippen molar-refractivity contribution in [2.45, 2.75) is 13.8 Å². The summed E-state index contributed by atoms with van der Waals surface area (Å²) in [7, 11) is 0. The Bertz CT molecular complexity index is 954. The van der Waals surface area contributed by atoms with Crippen molar-refractivity contribution in [1.82, 2.24) is 4.98 Å². The number of benzene rings is 2. The Labute approximate surface area is 157 Å². The van der Waals surface area contributed by atoms with Crippen LogP contribution in [-0.2, 0) is 11.3 Å². The minimum atomic E-state index is -2.59. The van der Waals surface area contributed by atoms with Gasteiger partial charge in [0, 0.05) is 5.38 Å². The fourth-order valence-corrected chi connectivity index (χ4v) is 3.70. The van der Waals surface area contributed by atoms with Crippen molar-refractivity contribution in [2.75, 3.05) is 9.62 Å². The zero-order valence-electron chi connectivity index (χ0n) is 14.1. The third-order valence-electron chi connectivity index (χ3n) is 3.62. The fourth-order valence-electron chi connectivity index (χ4n) is 2.40. The topological polar surface area (TPSA) is 85.4 Å². The number of anilines is 3. The SMILES string of the molecule is Cc1ccc(N(c2ccccc2C(=O)Nc2nc(C)cs2)S(=O)[O-])cc1. The molecule has 0 radical (unpaired) electrons. The van der Waals surface area contributed by atoms with E-state index in [1.807, 2.05) is 31.4 Å². The molecule has 1 atom stereocenters. The summed E-state index contributed by atoms with van der Waals surface area (Å²) in [6.45, 7) is 3.75. The number of para-hydroxylation sites is 1. The van der Waals surface area contributed by atoms with E-state index in [1.165, 1.54) is 11.3 Å². The van der Waals surface area contributed by atoms with Crippen molar-refractivity contribution >= 4 is 45.0 Å². The van der Waals surface area contributed by atoms with Crippen LogP contribution >= 0.6 is 11.3 Å². The van der Waals surface area contributed by atoms with Gasteiger partial charge in [-0.1, -0.05) is 29.8 Å². The maximum atomic E-state index is 12.7. The predicted molar refractivity (Wildman–Crippen MR) is 103 cm³/mol. The highest BCUT2D eigenvalue weighted by Crippen LogP contribution is 2.30. The van der Waals surface area contributed by atoms with Crippen molar-refractivity contribution < 1.29 is 13.6 Å². The molecule has 8 heteroatoms. The molecule has 0 bridgehead atoms. The van der Waals surface area contributed by atoms with Crippen LogP contribution in [0.1, 0.15) is 21.6 Å². The molecule has 6 nitrogen and oxygen atoms in total. The minimum absolute atomic E-state index is 0.241. The van der Waals surface area contributed by atoms with E-state index in [0.29, 0.717) is 10.8 Å². The van der Waals surface area contributed by atoms with Gasteiger partial charge < -0.3 is 4.55 Å². The average molecular weight is 386 g/mol. The largest absolute Gasteiger partial charge is 0.755 e. The summed E-state index contributed by atoms with van der Waals surface area (Å²) in [5.41, 5.74) is 2.78. The van der Waals surface area contributed by atoms with Crippen LogP contribution in [0.15, 0.2) is 53.9 Å². The Hall–Kier alpha value is -2.55. The molecule has 1 heterocycles. The second kappa shape index (κ2) is 7.77. The number of amides is 1. The Kier molecular flexibility index (Phi) is 5.46. The fraction of sp³-hybridized carbons (Fsp3) is 0.111. The minimum Gasteiger partial charge on any atom is -0.755 e. The zero-order valence-corrected chi connectivity index (χ0v) is 15.8. The van der Waals surface area contributed by atoms with Gasteiger partial charge >= 0.3 is 0 Å². The lowest BCUT2D eigenvalue weighted by molar-refractivity contribution is 0.102. The highest BCUT2D eigenvalue weighted by molar-refractivity contribution is 7.81. The van der Waals surface area contributed by atoms with Gasteiger partial charge in [-0.3, -0.25) is 18.6 Å². The molecular weight excluding hydrogens is 370 g/mol. The quantitative estimate of drug-likeness (QED) is 0.673. The molecule has 0 saturated heterocycles. The van der Waals surface area contributed by atoms with Gasteiger partial charge in [0.05, 0.1) is 33.9 Å². The highest BCUT2D eigenvalue weighted by Gasteiger charge is 2.19. The molecule has 1 aromatic heterocycles. The molecule has 134 valence electrons. The number of aryl methyl sites for hydroxylation is 2. The van der Waals surface area contributed by atoms with Gasteiger partial charge in [-0.05, 0) is 38.1 Å². The number of nitrogens with one attached hydrogen (secondary N) is 1. The van der Waals surface area contributed by atoms with E-state index in [0.717, 1.165) is 15.6 Å². The van der Waals surface area contributed by atoms with Gasteiger partial charge in [0.25, 0.3) is 5.91 Å². The smallest absolute Gasteiger partial charge is 0.259 e. The van der Waals surface area contributed by atoms with Crippen LogP contribution < -0.4 is 9.62 Å². The Morgan fingerprint density at radius 2 is 1.85 bits per heavy atom. The Balaban J connectivity index is 1.99. The maximum Gasteiger partial charge on any atom is 0.259 e. The van der Waals surface area contributed by atoms with Crippen LogP contribution in [0, 0.1) is 13.8 Å². The summed E-state index contributed by atoms with van der Waals surface area (Å²) in [5.74, 6) is -0.419. The highest BCUT2D eigenvalue weighted by atomic mass is 32.2. The molecule has 0 aliphatic carbocycles. The Morgan fingerprint density at radius 3 is 2.46 bits per heavy atom. The lowest BCUT2D eigenvalue weighted by Gasteiger charge is -2.28. The standard InChI is InChI=1S/C18H17N3O3S2/c1-12-7-9-14(10-8-12)21(26(23)24)16-6-4-3-5-15(16)17(22)20-18-19-13(2)11-25-18/h3-11H,1-2H3,(H,23,24)(H,19,20,22)/p-1. The van der Waals surface area contributed by atoms with E-state index < -0.39 is 17.2 Å². The second-order valence-electron chi connectivity index (χ2n) is 5.61. The lowest BCUT2D eigenvalue weighted by Crippen LogP contribution is -2.23. The van der Waals surface area contributed by atoms with Crippen LogP contribution in [0.2, 0.25) is 0 Å². The molecule has 26 heavy (non-hydrogen) atoms. The van der Waals surface area contributed by atoms with E-state index in [1.54, 1.807) is 36.4 Å². The molecule has 0 fully saturated rings. The Morgan fingerprint density at radius 1 is 1.15 bits per heavy atom. The first-order valence-corrected chi connectivity index (χ1v) is 9.65. The molecule has 1 amide bonds. The number of aromatic nitrogens is 1. The van der Waals surface area contributed by atoms with Gasteiger partial charge in [-0.15, -0.1) is 11.3 Å². The molecule has 0 aliphatic rings. The van der Waals surface area contributed by atoms with E-state index in [-0.39, 0.29) is 11.3 Å². The van der Waals surface area contributed by atoms with Crippen molar-refractivity contribution in [3.8, 4) is 0 Å². The molecule has 0 saturated carbocycles. The van der Waals surface area contributed by atoms with Crippen LogP contribution in [0.4, 0.5) is 16.5 Å². The summed E-state index contributed by atoms with van der Waals surface area (Å²) < 4.78 is 24.9. The molecule has 2 aromatic carbocycles. The molecular formula is C18H16N3O3S2-. The number of hydrogen-bond acceptors (Lipinski definition) is 5. The van der Waals surface area contributed by atoms with Crippen LogP contribution in [0.5, 0.6) is 0 Å². The summed E-state index contributed by atoms with van der Waals surface area (Å²) in [4.78, 5) is 16.9. The summed E-state index contributed by atoms with van der Waals surface area (Å²) in [5, 5.41) is 5.01.